The number of hydrogen-bond donors (Lipinski definition) is 0. The summed E-state index contributed by atoms with van der Waals surface area (Å²) in [5.41, 5.74) is 0.995. The van der Waals surface area contributed by atoms with Gasteiger partial charge in [0.2, 0.25) is 10.0 Å². The smallest absolute Gasteiger partial charge is 0.243 e. The molecule has 19 heavy (non-hydrogen) atoms. The van der Waals surface area contributed by atoms with E-state index in [1.54, 1.807) is 16.4 Å². The molecule has 0 N–H and O–H groups in total. The van der Waals surface area contributed by atoms with Crippen molar-refractivity contribution in [3.63, 3.8) is 0 Å². The molecule has 2 aliphatic rings. The number of likely N-dealkylation sites (tertiary alicyclic amines) is 1. The standard InChI is InChI=1S/C14H20N2O2S/c1-12-3-5-13(6-4-12)19(17,18)16-11-14(16)7-9-15(2)10-8-14/h3-6H,7-11H2,1-2H3. The summed E-state index contributed by atoms with van der Waals surface area (Å²) in [5, 5.41) is 0. The van der Waals surface area contributed by atoms with Crippen LogP contribution in [0.4, 0.5) is 0 Å². The molecule has 4 nitrogen and oxygen atoms in total. The lowest BCUT2D eigenvalue weighted by Crippen LogP contribution is -2.38. The van der Waals surface area contributed by atoms with E-state index in [0.717, 1.165) is 31.5 Å². The highest BCUT2D eigenvalue weighted by Crippen LogP contribution is 2.45. The molecular formula is C14H20N2O2S. The molecule has 2 aliphatic heterocycles. The SMILES string of the molecule is Cc1ccc(S(=O)(=O)N2CC23CCN(C)CC3)cc1. The van der Waals surface area contributed by atoms with Crippen LogP contribution in [-0.2, 0) is 10.0 Å². The number of aryl methyl sites for hydroxylation is 1. The second-order valence-corrected chi connectivity index (χ2v) is 7.71. The fourth-order valence-electron chi connectivity index (χ4n) is 2.85. The maximum absolute atomic E-state index is 12.6. The summed E-state index contributed by atoms with van der Waals surface area (Å²) >= 11 is 0. The van der Waals surface area contributed by atoms with E-state index in [1.807, 2.05) is 19.1 Å². The largest absolute Gasteiger partial charge is 0.306 e. The van der Waals surface area contributed by atoms with Gasteiger partial charge < -0.3 is 4.90 Å². The van der Waals surface area contributed by atoms with Crippen molar-refractivity contribution in [3.8, 4) is 0 Å². The molecule has 2 saturated heterocycles. The van der Waals surface area contributed by atoms with Gasteiger partial charge in [-0.2, -0.15) is 4.31 Å². The quantitative estimate of drug-likeness (QED) is 0.770. The average molecular weight is 280 g/mol. The molecular weight excluding hydrogens is 260 g/mol. The zero-order chi connectivity index (χ0) is 13.7. The number of nitrogens with zero attached hydrogens (tertiary/aromatic N) is 2. The molecule has 1 spiro atoms. The molecule has 0 radical (unpaired) electrons. The predicted octanol–water partition coefficient (Wildman–Crippen LogP) is 1.46. The second-order valence-electron chi connectivity index (χ2n) is 5.85. The minimum atomic E-state index is -3.29. The van der Waals surface area contributed by atoms with Crippen LogP contribution in [0.3, 0.4) is 0 Å². The molecule has 104 valence electrons. The zero-order valence-corrected chi connectivity index (χ0v) is 12.3. The lowest BCUT2D eigenvalue weighted by Gasteiger charge is -2.29. The third-order valence-corrected chi connectivity index (χ3v) is 6.35. The molecule has 1 aromatic carbocycles. The van der Waals surface area contributed by atoms with Gasteiger partial charge in [-0.15, -0.1) is 0 Å². The Kier molecular flexibility index (Phi) is 2.96. The Bertz CT molecular complexity index is 572. The highest BCUT2D eigenvalue weighted by atomic mass is 32.2. The molecule has 2 heterocycles. The first-order valence-corrected chi connectivity index (χ1v) is 8.16. The Morgan fingerprint density at radius 1 is 1.11 bits per heavy atom. The summed E-state index contributed by atoms with van der Waals surface area (Å²) in [5.74, 6) is 0. The van der Waals surface area contributed by atoms with Gasteiger partial charge >= 0.3 is 0 Å². The summed E-state index contributed by atoms with van der Waals surface area (Å²) in [6.45, 7) is 4.63. The van der Waals surface area contributed by atoms with Crippen LogP contribution in [0.1, 0.15) is 18.4 Å². The van der Waals surface area contributed by atoms with Gasteiger partial charge in [-0.3, -0.25) is 0 Å². The van der Waals surface area contributed by atoms with Crippen LogP contribution >= 0.6 is 0 Å². The molecule has 0 saturated carbocycles. The molecule has 1 atom stereocenters. The minimum absolute atomic E-state index is 0.0871. The van der Waals surface area contributed by atoms with Gasteiger partial charge in [0, 0.05) is 6.54 Å². The van der Waals surface area contributed by atoms with Crippen molar-refractivity contribution in [1.82, 2.24) is 9.21 Å². The third-order valence-electron chi connectivity index (χ3n) is 4.39. The van der Waals surface area contributed by atoms with Crippen molar-refractivity contribution >= 4 is 10.0 Å². The van der Waals surface area contributed by atoms with Crippen molar-refractivity contribution in [1.29, 1.82) is 0 Å². The Balaban J connectivity index is 1.82. The number of hydrogen-bond acceptors (Lipinski definition) is 3. The maximum atomic E-state index is 12.6. The van der Waals surface area contributed by atoms with E-state index < -0.39 is 10.0 Å². The summed E-state index contributed by atoms with van der Waals surface area (Å²) < 4.78 is 26.8. The van der Waals surface area contributed by atoms with E-state index in [4.69, 9.17) is 0 Å². The van der Waals surface area contributed by atoms with E-state index in [9.17, 15) is 8.42 Å². The molecule has 1 aromatic rings. The lowest BCUT2D eigenvalue weighted by molar-refractivity contribution is 0.227. The average Bonchev–Trinajstić information content (AvgIpc) is 3.09. The van der Waals surface area contributed by atoms with Gasteiger partial charge in [0.25, 0.3) is 0 Å². The number of sulfonamides is 1. The van der Waals surface area contributed by atoms with Crippen molar-refractivity contribution in [2.75, 3.05) is 26.7 Å². The number of piperidine rings is 1. The molecule has 1 unspecified atom stereocenters. The van der Waals surface area contributed by atoms with Crippen LogP contribution in [0.15, 0.2) is 29.2 Å². The van der Waals surface area contributed by atoms with Crippen molar-refractivity contribution in [2.24, 2.45) is 0 Å². The Morgan fingerprint density at radius 2 is 1.68 bits per heavy atom. The first kappa shape index (κ1) is 13.1. The molecule has 3 rings (SSSR count). The van der Waals surface area contributed by atoms with Gasteiger partial charge in [0.05, 0.1) is 10.4 Å². The van der Waals surface area contributed by atoms with E-state index in [1.165, 1.54) is 0 Å². The highest BCUT2D eigenvalue weighted by molar-refractivity contribution is 7.89. The van der Waals surface area contributed by atoms with Crippen LogP contribution in [0.2, 0.25) is 0 Å². The summed E-state index contributed by atoms with van der Waals surface area (Å²) in [7, 11) is -1.20. The van der Waals surface area contributed by atoms with Crippen LogP contribution in [0.5, 0.6) is 0 Å². The van der Waals surface area contributed by atoms with Crippen molar-refractivity contribution in [2.45, 2.75) is 30.2 Å². The Labute approximate surface area is 115 Å². The van der Waals surface area contributed by atoms with E-state index in [0.29, 0.717) is 11.4 Å². The van der Waals surface area contributed by atoms with Crippen LogP contribution < -0.4 is 0 Å². The first-order valence-electron chi connectivity index (χ1n) is 6.72. The third kappa shape index (κ3) is 2.20. The van der Waals surface area contributed by atoms with Gasteiger partial charge in [0.15, 0.2) is 0 Å². The van der Waals surface area contributed by atoms with E-state index in [-0.39, 0.29) is 5.54 Å². The van der Waals surface area contributed by atoms with Crippen LogP contribution in [0, 0.1) is 6.92 Å². The molecule has 5 heteroatoms. The predicted molar refractivity (Wildman–Crippen MR) is 74.5 cm³/mol. The van der Waals surface area contributed by atoms with Gasteiger partial charge in [0.1, 0.15) is 0 Å². The highest BCUT2D eigenvalue weighted by Gasteiger charge is 2.59. The van der Waals surface area contributed by atoms with Gasteiger partial charge in [-0.25, -0.2) is 8.42 Å². The van der Waals surface area contributed by atoms with Crippen LogP contribution in [0.25, 0.3) is 0 Å². The molecule has 0 aliphatic carbocycles. The normalized spacial score (nSPS) is 26.5. The lowest BCUT2D eigenvalue weighted by atomic mass is 9.97. The van der Waals surface area contributed by atoms with E-state index >= 15 is 0 Å². The fraction of sp³-hybridized carbons (Fsp3) is 0.571. The monoisotopic (exact) mass is 280 g/mol. The maximum Gasteiger partial charge on any atom is 0.243 e. The van der Waals surface area contributed by atoms with Gasteiger partial charge in [-0.1, -0.05) is 17.7 Å². The topological polar surface area (TPSA) is 40.4 Å². The fourth-order valence-corrected chi connectivity index (χ4v) is 4.69. The summed E-state index contributed by atoms with van der Waals surface area (Å²) in [6.07, 6.45) is 1.91. The molecule has 0 bridgehead atoms. The van der Waals surface area contributed by atoms with Crippen molar-refractivity contribution < 1.29 is 8.42 Å². The minimum Gasteiger partial charge on any atom is -0.306 e. The summed E-state index contributed by atoms with van der Waals surface area (Å²) in [4.78, 5) is 2.69. The Hall–Kier alpha value is -0.910. The first-order chi connectivity index (χ1) is 8.94. The molecule has 0 amide bonds. The van der Waals surface area contributed by atoms with E-state index in [2.05, 4.69) is 11.9 Å². The summed E-state index contributed by atoms with van der Waals surface area (Å²) in [6, 6.07) is 7.15. The number of rotatable bonds is 2. The molecule has 0 aromatic heterocycles. The van der Waals surface area contributed by atoms with Crippen molar-refractivity contribution in [3.05, 3.63) is 29.8 Å². The second kappa shape index (κ2) is 4.30. The number of benzene rings is 1. The van der Waals surface area contributed by atoms with Gasteiger partial charge in [-0.05, 0) is 52.0 Å². The molecule has 2 fully saturated rings. The van der Waals surface area contributed by atoms with Crippen LogP contribution in [-0.4, -0.2) is 49.8 Å². The Morgan fingerprint density at radius 3 is 2.26 bits per heavy atom. The zero-order valence-electron chi connectivity index (χ0n) is 11.5.